The van der Waals surface area contributed by atoms with Gasteiger partial charge in [0.25, 0.3) is 0 Å². The van der Waals surface area contributed by atoms with Crippen LogP contribution in [0.4, 0.5) is 0 Å². The van der Waals surface area contributed by atoms with Gasteiger partial charge in [0, 0.05) is 11.6 Å². The fourth-order valence-corrected chi connectivity index (χ4v) is 1.62. The summed E-state index contributed by atoms with van der Waals surface area (Å²) in [6, 6.07) is 0. The van der Waals surface area contributed by atoms with E-state index in [1.165, 1.54) is 15.6 Å². The standard InChI is InChI=1S/C10H15N3O2/c1-3-4-12-8-11-13(9(12)14)5-10(2)6-15-7-10/h3-4,8H,5-7H2,1-2H3/b4-3-. The normalized spacial score (nSPS) is 19.3. The van der Waals surface area contributed by atoms with Crippen LogP contribution in [0.15, 0.2) is 17.2 Å². The van der Waals surface area contributed by atoms with Crippen molar-refractivity contribution < 1.29 is 4.74 Å². The molecule has 1 aliphatic heterocycles. The molecule has 2 rings (SSSR count). The highest BCUT2D eigenvalue weighted by Gasteiger charge is 2.34. The van der Waals surface area contributed by atoms with E-state index in [1.807, 2.05) is 13.0 Å². The topological polar surface area (TPSA) is 49.0 Å². The Morgan fingerprint density at radius 3 is 2.93 bits per heavy atom. The zero-order valence-electron chi connectivity index (χ0n) is 9.01. The van der Waals surface area contributed by atoms with E-state index in [1.54, 1.807) is 6.20 Å². The van der Waals surface area contributed by atoms with Crippen molar-refractivity contribution >= 4 is 6.20 Å². The van der Waals surface area contributed by atoms with Crippen LogP contribution in [0.25, 0.3) is 6.20 Å². The molecule has 1 aliphatic rings. The SMILES string of the molecule is C/C=C\n1cnn(CC2(C)COC2)c1=O. The second kappa shape index (κ2) is 3.66. The molecule has 1 fully saturated rings. The van der Waals surface area contributed by atoms with Gasteiger partial charge in [0.2, 0.25) is 0 Å². The van der Waals surface area contributed by atoms with E-state index in [4.69, 9.17) is 4.74 Å². The molecule has 1 aromatic rings. The minimum atomic E-state index is -0.0961. The van der Waals surface area contributed by atoms with E-state index >= 15 is 0 Å². The molecule has 1 aromatic heterocycles. The first-order chi connectivity index (χ1) is 7.14. The summed E-state index contributed by atoms with van der Waals surface area (Å²) in [5.41, 5.74) is -0.0277. The zero-order valence-corrected chi connectivity index (χ0v) is 9.01. The van der Waals surface area contributed by atoms with Crippen LogP contribution >= 0.6 is 0 Å². The molecule has 1 saturated heterocycles. The molecule has 2 heterocycles. The number of ether oxygens (including phenoxy) is 1. The summed E-state index contributed by atoms with van der Waals surface area (Å²) in [4.78, 5) is 11.7. The van der Waals surface area contributed by atoms with Crippen LogP contribution < -0.4 is 5.69 Å². The summed E-state index contributed by atoms with van der Waals surface area (Å²) in [5, 5.41) is 4.06. The second-order valence-corrected chi connectivity index (χ2v) is 4.26. The lowest BCUT2D eigenvalue weighted by Gasteiger charge is -2.37. The highest BCUT2D eigenvalue weighted by Crippen LogP contribution is 2.27. The number of allylic oxidation sites excluding steroid dienone is 1. The summed E-state index contributed by atoms with van der Waals surface area (Å²) in [6.45, 7) is 5.99. The van der Waals surface area contributed by atoms with E-state index in [-0.39, 0.29) is 11.1 Å². The third-order valence-corrected chi connectivity index (χ3v) is 2.50. The molecule has 0 N–H and O–H groups in total. The van der Waals surface area contributed by atoms with Crippen molar-refractivity contribution in [2.75, 3.05) is 13.2 Å². The number of nitrogens with zero attached hydrogens (tertiary/aromatic N) is 3. The van der Waals surface area contributed by atoms with Crippen molar-refractivity contribution in [3.05, 3.63) is 22.9 Å². The first-order valence-electron chi connectivity index (χ1n) is 4.99. The van der Waals surface area contributed by atoms with Gasteiger partial charge in [-0.15, -0.1) is 0 Å². The average molecular weight is 209 g/mol. The van der Waals surface area contributed by atoms with Gasteiger partial charge in [-0.1, -0.05) is 13.0 Å². The predicted molar refractivity (Wildman–Crippen MR) is 56.4 cm³/mol. The molecule has 0 unspecified atom stereocenters. The number of rotatable bonds is 3. The lowest BCUT2D eigenvalue weighted by molar-refractivity contribution is -0.112. The van der Waals surface area contributed by atoms with Gasteiger partial charge in [-0.2, -0.15) is 5.10 Å². The molecule has 0 bridgehead atoms. The minimum absolute atomic E-state index is 0.0684. The fourth-order valence-electron chi connectivity index (χ4n) is 1.62. The minimum Gasteiger partial charge on any atom is -0.380 e. The molecule has 0 atom stereocenters. The van der Waals surface area contributed by atoms with E-state index in [9.17, 15) is 4.79 Å². The second-order valence-electron chi connectivity index (χ2n) is 4.26. The largest absolute Gasteiger partial charge is 0.380 e. The van der Waals surface area contributed by atoms with Crippen LogP contribution in [0, 0.1) is 5.41 Å². The van der Waals surface area contributed by atoms with Crippen LogP contribution in [0.5, 0.6) is 0 Å². The quantitative estimate of drug-likeness (QED) is 0.731. The molecule has 0 radical (unpaired) electrons. The molecule has 0 aliphatic carbocycles. The van der Waals surface area contributed by atoms with Crippen LogP contribution in [0.2, 0.25) is 0 Å². The molecular weight excluding hydrogens is 194 g/mol. The van der Waals surface area contributed by atoms with Gasteiger partial charge in [-0.25, -0.2) is 9.48 Å². The molecule has 0 aromatic carbocycles. The molecule has 5 nitrogen and oxygen atoms in total. The van der Waals surface area contributed by atoms with Crippen molar-refractivity contribution in [1.29, 1.82) is 0 Å². The maximum Gasteiger partial charge on any atom is 0.349 e. The van der Waals surface area contributed by atoms with Crippen molar-refractivity contribution in [2.45, 2.75) is 20.4 Å². The molecule has 5 heteroatoms. The Bertz CT molecular complexity index is 426. The van der Waals surface area contributed by atoms with Crippen LogP contribution in [0.3, 0.4) is 0 Å². The molecule has 0 spiro atoms. The molecule has 15 heavy (non-hydrogen) atoms. The average Bonchev–Trinajstić information content (AvgIpc) is 2.48. The van der Waals surface area contributed by atoms with Crippen LogP contribution in [0.1, 0.15) is 13.8 Å². The van der Waals surface area contributed by atoms with Gasteiger partial charge in [-0.3, -0.25) is 4.57 Å². The highest BCUT2D eigenvalue weighted by atomic mass is 16.5. The van der Waals surface area contributed by atoms with Gasteiger partial charge in [-0.05, 0) is 6.92 Å². The van der Waals surface area contributed by atoms with Crippen LogP contribution in [-0.2, 0) is 11.3 Å². The fraction of sp³-hybridized carbons (Fsp3) is 0.600. The van der Waals surface area contributed by atoms with Gasteiger partial charge >= 0.3 is 5.69 Å². The van der Waals surface area contributed by atoms with E-state index < -0.39 is 0 Å². The highest BCUT2D eigenvalue weighted by molar-refractivity contribution is 5.18. The third-order valence-electron chi connectivity index (χ3n) is 2.50. The summed E-state index contributed by atoms with van der Waals surface area (Å²) in [5.74, 6) is 0. The first-order valence-corrected chi connectivity index (χ1v) is 4.99. The maximum atomic E-state index is 11.7. The number of hydrogen-bond donors (Lipinski definition) is 0. The first kappa shape index (κ1) is 10.2. The molecule has 0 amide bonds. The Morgan fingerprint density at radius 2 is 2.40 bits per heavy atom. The summed E-state index contributed by atoms with van der Waals surface area (Å²) >= 11 is 0. The molecule has 82 valence electrons. The lowest BCUT2D eigenvalue weighted by atomic mass is 9.89. The van der Waals surface area contributed by atoms with E-state index in [0.717, 1.165) is 0 Å². The number of aromatic nitrogens is 3. The molecule has 0 saturated carbocycles. The Morgan fingerprint density at radius 1 is 1.67 bits per heavy atom. The smallest absolute Gasteiger partial charge is 0.349 e. The number of hydrogen-bond acceptors (Lipinski definition) is 3. The van der Waals surface area contributed by atoms with Gasteiger partial charge in [0.1, 0.15) is 6.33 Å². The maximum absolute atomic E-state index is 11.7. The van der Waals surface area contributed by atoms with E-state index in [0.29, 0.717) is 19.8 Å². The van der Waals surface area contributed by atoms with Gasteiger partial charge < -0.3 is 4.74 Å². The Kier molecular flexibility index (Phi) is 2.48. The van der Waals surface area contributed by atoms with Gasteiger partial charge in [0.15, 0.2) is 0 Å². The summed E-state index contributed by atoms with van der Waals surface area (Å²) < 4.78 is 8.10. The molecular formula is C10H15N3O2. The summed E-state index contributed by atoms with van der Waals surface area (Å²) in [6.07, 6.45) is 5.04. The Balaban J connectivity index is 2.19. The Labute approximate surface area is 88.0 Å². The monoisotopic (exact) mass is 209 g/mol. The predicted octanol–water partition coefficient (Wildman–Crippen LogP) is 0.572. The van der Waals surface area contributed by atoms with Crippen LogP contribution in [-0.4, -0.2) is 27.6 Å². The third kappa shape index (κ3) is 1.87. The Hall–Kier alpha value is -1.36. The zero-order chi connectivity index (χ0) is 10.9. The lowest BCUT2D eigenvalue weighted by Crippen LogP contribution is -2.45. The van der Waals surface area contributed by atoms with Crippen molar-refractivity contribution in [2.24, 2.45) is 5.41 Å². The van der Waals surface area contributed by atoms with E-state index in [2.05, 4.69) is 12.0 Å². The van der Waals surface area contributed by atoms with Crippen molar-refractivity contribution in [3.8, 4) is 0 Å². The summed E-state index contributed by atoms with van der Waals surface area (Å²) in [7, 11) is 0. The van der Waals surface area contributed by atoms with Gasteiger partial charge in [0.05, 0.1) is 19.8 Å². The van der Waals surface area contributed by atoms with Crippen molar-refractivity contribution in [3.63, 3.8) is 0 Å². The van der Waals surface area contributed by atoms with Crippen molar-refractivity contribution in [1.82, 2.24) is 14.3 Å².